The van der Waals surface area contributed by atoms with Gasteiger partial charge in [-0.25, -0.2) is 0 Å². The number of rotatable bonds is 0. The lowest BCUT2D eigenvalue weighted by Gasteiger charge is -2.12. The van der Waals surface area contributed by atoms with Crippen molar-refractivity contribution in [1.82, 2.24) is 0 Å². The van der Waals surface area contributed by atoms with Gasteiger partial charge in [-0.2, -0.15) is 0 Å². The fraction of sp³-hybridized carbons (Fsp3) is 0.429. The van der Waals surface area contributed by atoms with E-state index in [-0.39, 0.29) is 0 Å². The predicted octanol–water partition coefficient (Wildman–Crippen LogP) is 1.98. The Balaban J connectivity index is 2.75. The molecule has 0 spiro atoms. The summed E-state index contributed by atoms with van der Waals surface area (Å²) in [5, 5.41) is 0. The van der Waals surface area contributed by atoms with Crippen molar-refractivity contribution in [3.05, 3.63) is 23.4 Å². The standard InChI is InChI=1S/C7H10IN/c1-5-4-6(8)2-3-7(5)9/h2-3,6H,4,9H2,1H3. The van der Waals surface area contributed by atoms with Crippen LogP contribution in [-0.2, 0) is 0 Å². The van der Waals surface area contributed by atoms with Crippen LogP contribution in [0.15, 0.2) is 23.4 Å². The van der Waals surface area contributed by atoms with Crippen LogP contribution in [0.5, 0.6) is 0 Å². The SMILES string of the molecule is CC1=C(N)C=CC(I)C1. The summed E-state index contributed by atoms with van der Waals surface area (Å²) in [6, 6.07) is 0. The van der Waals surface area contributed by atoms with E-state index in [0.29, 0.717) is 3.92 Å². The van der Waals surface area contributed by atoms with Gasteiger partial charge >= 0.3 is 0 Å². The van der Waals surface area contributed by atoms with Crippen molar-refractivity contribution in [1.29, 1.82) is 0 Å². The summed E-state index contributed by atoms with van der Waals surface area (Å²) in [6.07, 6.45) is 5.25. The zero-order valence-electron chi connectivity index (χ0n) is 5.39. The maximum atomic E-state index is 5.63. The van der Waals surface area contributed by atoms with Crippen LogP contribution in [0.2, 0.25) is 0 Å². The third-order valence-corrected chi connectivity index (χ3v) is 2.33. The average Bonchev–Trinajstić information content (AvgIpc) is 1.80. The van der Waals surface area contributed by atoms with Gasteiger partial charge in [0.25, 0.3) is 0 Å². The number of hydrogen-bond donors (Lipinski definition) is 1. The van der Waals surface area contributed by atoms with E-state index in [0.717, 1.165) is 12.1 Å². The Bertz CT molecular complexity index is 170. The molecule has 0 fully saturated rings. The maximum absolute atomic E-state index is 5.63. The van der Waals surface area contributed by atoms with Gasteiger partial charge in [0.1, 0.15) is 0 Å². The minimum absolute atomic E-state index is 0.648. The summed E-state index contributed by atoms with van der Waals surface area (Å²) >= 11 is 2.41. The quantitative estimate of drug-likeness (QED) is 0.504. The van der Waals surface area contributed by atoms with Crippen LogP contribution >= 0.6 is 22.6 Å². The molecule has 0 heterocycles. The molecule has 0 aliphatic heterocycles. The van der Waals surface area contributed by atoms with Crippen molar-refractivity contribution < 1.29 is 0 Å². The van der Waals surface area contributed by atoms with E-state index >= 15 is 0 Å². The van der Waals surface area contributed by atoms with E-state index in [2.05, 4.69) is 35.6 Å². The van der Waals surface area contributed by atoms with Crippen LogP contribution < -0.4 is 5.73 Å². The molecule has 2 N–H and O–H groups in total. The summed E-state index contributed by atoms with van der Waals surface area (Å²) in [5.74, 6) is 0. The molecule has 1 rings (SSSR count). The Kier molecular flexibility index (Phi) is 2.16. The van der Waals surface area contributed by atoms with E-state index in [1.807, 2.05) is 6.08 Å². The first kappa shape index (κ1) is 7.12. The van der Waals surface area contributed by atoms with E-state index in [9.17, 15) is 0 Å². The van der Waals surface area contributed by atoms with Gasteiger partial charge in [-0.1, -0.05) is 28.7 Å². The average molecular weight is 235 g/mol. The Morgan fingerprint density at radius 1 is 1.78 bits per heavy atom. The minimum atomic E-state index is 0.648. The topological polar surface area (TPSA) is 26.0 Å². The lowest BCUT2D eigenvalue weighted by Crippen LogP contribution is -2.07. The van der Waals surface area contributed by atoms with Crippen LogP contribution in [0.1, 0.15) is 13.3 Å². The normalized spacial score (nSPS) is 27.1. The molecule has 0 saturated carbocycles. The molecule has 1 aliphatic rings. The molecule has 2 heteroatoms. The van der Waals surface area contributed by atoms with Gasteiger partial charge in [-0.05, 0) is 25.0 Å². The highest BCUT2D eigenvalue weighted by Crippen LogP contribution is 2.20. The molecule has 1 nitrogen and oxygen atoms in total. The van der Waals surface area contributed by atoms with E-state index in [1.54, 1.807) is 0 Å². The van der Waals surface area contributed by atoms with Crippen LogP contribution in [0, 0.1) is 0 Å². The first-order chi connectivity index (χ1) is 4.20. The molecule has 1 unspecified atom stereocenters. The Labute approximate surface area is 69.1 Å². The number of nitrogens with two attached hydrogens (primary N) is 1. The highest BCUT2D eigenvalue weighted by molar-refractivity contribution is 14.1. The van der Waals surface area contributed by atoms with E-state index in [1.165, 1.54) is 5.57 Å². The molecule has 1 aliphatic carbocycles. The number of halogens is 1. The van der Waals surface area contributed by atoms with Gasteiger partial charge in [0, 0.05) is 9.62 Å². The lowest BCUT2D eigenvalue weighted by molar-refractivity contribution is 0.972. The number of hydrogen-bond acceptors (Lipinski definition) is 1. The lowest BCUT2D eigenvalue weighted by atomic mass is 10.0. The van der Waals surface area contributed by atoms with Crippen LogP contribution in [0.25, 0.3) is 0 Å². The second-order valence-corrected chi connectivity index (χ2v) is 3.91. The first-order valence-corrected chi connectivity index (χ1v) is 4.22. The molecular weight excluding hydrogens is 225 g/mol. The third kappa shape index (κ3) is 1.71. The van der Waals surface area contributed by atoms with Crippen molar-refractivity contribution in [2.75, 3.05) is 0 Å². The molecule has 9 heavy (non-hydrogen) atoms. The fourth-order valence-corrected chi connectivity index (χ4v) is 1.70. The summed E-state index contributed by atoms with van der Waals surface area (Å²) in [5.41, 5.74) is 7.89. The third-order valence-electron chi connectivity index (χ3n) is 1.48. The molecular formula is C7H10IN. The molecule has 0 aromatic heterocycles. The fourth-order valence-electron chi connectivity index (χ4n) is 0.829. The molecule has 0 radical (unpaired) electrons. The van der Waals surface area contributed by atoms with Crippen molar-refractivity contribution in [3.8, 4) is 0 Å². The Hall–Kier alpha value is 0.01000. The number of alkyl halides is 1. The monoisotopic (exact) mass is 235 g/mol. The van der Waals surface area contributed by atoms with E-state index < -0.39 is 0 Å². The molecule has 0 aromatic carbocycles. The molecule has 0 aromatic rings. The van der Waals surface area contributed by atoms with Crippen molar-refractivity contribution in [2.24, 2.45) is 5.73 Å². The minimum Gasteiger partial charge on any atom is -0.399 e. The van der Waals surface area contributed by atoms with Crippen LogP contribution in [-0.4, -0.2) is 3.92 Å². The largest absolute Gasteiger partial charge is 0.399 e. The zero-order valence-corrected chi connectivity index (χ0v) is 7.55. The van der Waals surface area contributed by atoms with Gasteiger partial charge in [0.05, 0.1) is 0 Å². The predicted molar refractivity (Wildman–Crippen MR) is 48.5 cm³/mol. The molecule has 0 saturated heterocycles. The van der Waals surface area contributed by atoms with Gasteiger partial charge in [0.15, 0.2) is 0 Å². The molecule has 0 bridgehead atoms. The first-order valence-electron chi connectivity index (χ1n) is 2.97. The van der Waals surface area contributed by atoms with Crippen molar-refractivity contribution in [3.63, 3.8) is 0 Å². The van der Waals surface area contributed by atoms with Gasteiger partial charge in [-0.15, -0.1) is 0 Å². The van der Waals surface area contributed by atoms with Gasteiger partial charge < -0.3 is 5.73 Å². The van der Waals surface area contributed by atoms with E-state index in [4.69, 9.17) is 5.73 Å². The highest BCUT2D eigenvalue weighted by Gasteiger charge is 2.06. The molecule has 50 valence electrons. The van der Waals surface area contributed by atoms with Gasteiger partial charge in [-0.3, -0.25) is 0 Å². The summed E-state index contributed by atoms with van der Waals surface area (Å²) in [6.45, 7) is 2.09. The van der Waals surface area contributed by atoms with Crippen molar-refractivity contribution in [2.45, 2.75) is 17.3 Å². The second-order valence-electron chi connectivity index (χ2n) is 2.31. The smallest absolute Gasteiger partial charge is 0.0331 e. The van der Waals surface area contributed by atoms with Gasteiger partial charge in [0.2, 0.25) is 0 Å². The summed E-state index contributed by atoms with van der Waals surface area (Å²) in [7, 11) is 0. The second kappa shape index (κ2) is 2.73. The Morgan fingerprint density at radius 3 is 2.89 bits per heavy atom. The summed E-state index contributed by atoms with van der Waals surface area (Å²) in [4.78, 5) is 0. The Morgan fingerprint density at radius 2 is 2.44 bits per heavy atom. The van der Waals surface area contributed by atoms with Crippen LogP contribution in [0.3, 0.4) is 0 Å². The maximum Gasteiger partial charge on any atom is 0.0331 e. The molecule has 0 amide bonds. The highest BCUT2D eigenvalue weighted by atomic mass is 127. The van der Waals surface area contributed by atoms with Crippen LogP contribution in [0.4, 0.5) is 0 Å². The zero-order chi connectivity index (χ0) is 6.85. The summed E-state index contributed by atoms with van der Waals surface area (Å²) < 4.78 is 0.648. The number of allylic oxidation sites excluding steroid dienone is 3. The molecule has 1 atom stereocenters. The van der Waals surface area contributed by atoms with Crippen molar-refractivity contribution >= 4 is 22.6 Å².